The van der Waals surface area contributed by atoms with Gasteiger partial charge in [-0.1, -0.05) is 26.0 Å². The fourth-order valence-electron chi connectivity index (χ4n) is 2.32. The van der Waals surface area contributed by atoms with Crippen molar-refractivity contribution in [1.82, 2.24) is 10.6 Å². The van der Waals surface area contributed by atoms with Crippen molar-refractivity contribution in [1.29, 1.82) is 0 Å². The highest BCUT2D eigenvalue weighted by Gasteiger charge is 2.21. The van der Waals surface area contributed by atoms with Crippen molar-refractivity contribution in [2.24, 2.45) is 5.92 Å². The molecule has 1 saturated heterocycles. The van der Waals surface area contributed by atoms with Crippen LogP contribution in [0, 0.1) is 5.92 Å². The number of rotatable bonds is 5. The molecule has 1 heterocycles. The maximum absolute atomic E-state index is 11.8. The van der Waals surface area contributed by atoms with Gasteiger partial charge < -0.3 is 15.5 Å². The number of anilines is 1. The van der Waals surface area contributed by atoms with Gasteiger partial charge in [0.2, 0.25) is 5.91 Å². The van der Waals surface area contributed by atoms with Crippen LogP contribution in [-0.4, -0.2) is 24.5 Å². The lowest BCUT2D eigenvalue weighted by Gasteiger charge is -2.18. The van der Waals surface area contributed by atoms with Crippen molar-refractivity contribution in [2.75, 3.05) is 11.4 Å². The fourth-order valence-corrected chi connectivity index (χ4v) is 2.32. The third-order valence-corrected chi connectivity index (χ3v) is 4.13. The smallest absolute Gasteiger partial charge is 0.315 e. The summed E-state index contributed by atoms with van der Waals surface area (Å²) < 4.78 is 0. The Labute approximate surface area is 132 Å². The average Bonchev–Trinajstić information content (AvgIpc) is 2.91. The number of benzene rings is 1. The molecule has 3 amide bonds. The highest BCUT2D eigenvalue weighted by molar-refractivity contribution is 5.95. The van der Waals surface area contributed by atoms with Crippen LogP contribution in [0.2, 0.25) is 0 Å². The lowest BCUT2D eigenvalue weighted by atomic mass is 10.1. The van der Waals surface area contributed by atoms with E-state index in [2.05, 4.69) is 24.5 Å². The van der Waals surface area contributed by atoms with Gasteiger partial charge in [-0.2, -0.15) is 0 Å². The molecule has 0 saturated carbocycles. The molecule has 1 aliphatic heterocycles. The fraction of sp³-hybridized carbons (Fsp3) is 0.529. The molecule has 1 aromatic carbocycles. The highest BCUT2D eigenvalue weighted by Crippen LogP contribution is 2.21. The summed E-state index contributed by atoms with van der Waals surface area (Å²) in [6.07, 6.45) is 1.56. The molecule has 2 rings (SSSR count). The van der Waals surface area contributed by atoms with Gasteiger partial charge >= 0.3 is 6.03 Å². The van der Waals surface area contributed by atoms with E-state index in [1.807, 2.05) is 36.1 Å². The molecule has 22 heavy (non-hydrogen) atoms. The molecular formula is C17H25N3O2. The molecule has 5 heteroatoms. The van der Waals surface area contributed by atoms with E-state index in [1.54, 1.807) is 0 Å². The first kappa shape index (κ1) is 16.3. The van der Waals surface area contributed by atoms with Crippen molar-refractivity contribution < 1.29 is 9.59 Å². The second-order valence-electron chi connectivity index (χ2n) is 6.18. The molecule has 1 aliphatic rings. The van der Waals surface area contributed by atoms with Crippen molar-refractivity contribution in [2.45, 2.75) is 46.2 Å². The standard InChI is InChI=1S/C17H25N3O2/c1-12(2)13(3)19-17(22)18-11-14-6-8-15(9-7-14)20-10-4-5-16(20)21/h6-9,12-13H,4-5,10-11H2,1-3H3,(H2,18,19,22). The van der Waals surface area contributed by atoms with Crippen molar-refractivity contribution >= 4 is 17.6 Å². The minimum absolute atomic E-state index is 0.142. The second-order valence-corrected chi connectivity index (χ2v) is 6.18. The molecule has 0 radical (unpaired) electrons. The van der Waals surface area contributed by atoms with Gasteiger partial charge in [0, 0.05) is 31.2 Å². The number of hydrogen-bond acceptors (Lipinski definition) is 2. The zero-order chi connectivity index (χ0) is 16.1. The van der Waals surface area contributed by atoms with E-state index in [9.17, 15) is 9.59 Å². The molecule has 1 unspecified atom stereocenters. The van der Waals surface area contributed by atoms with Crippen molar-refractivity contribution in [3.63, 3.8) is 0 Å². The van der Waals surface area contributed by atoms with Crippen LogP contribution >= 0.6 is 0 Å². The van der Waals surface area contributed by atoms with E-state index in [0.29, 0.717) is 18.9 Å². The predicted octanol–water partition coefficient (Wildman–Crippen LogP) is 2.66. The van der Waals surface area contributed by atoms with Gasteiger partial charge in [-0.25, -0.2) is 4.79 Å². The summed E-state index contributed by atoms with van der Waals surface area (Å²) >= 11 is 0. The third kappa shape index (κ3) is 4.23. The molecule has 0 aromatic heterocycles. The molecule has 1 atom stereocenters. The predicted molar refractivity (Wildman–Crippen MR) is 87.7 cm³/mol. The lowest BCUT2D eigenvalue weighted by molar-refractivity contribution is -0.117. The van der Waals surface area contributed by atoms with Gasteiger partial charge in [-0.15, -0.1) is 0 Å². The molecule has 1 aromatic rings. The summed E-state index contributed by atoms with van der Waals surface area (Å²) in [6.45, 7) is 7.41. The minimum Gasteiger partial charge on any atom is -0.335 e. The van der Waals surface area contributed by atoms with Crippen LogP contribution in [0.5, 0.6) is 0 Å². The molecule has 5 nitrogen and oxygen atoms in total. The van der Waals surface area contributed by atoms with Crippen LogP contribution < -0.4 is 15.5 Å². The van der Waals surface area contributed by atoms with E-state index < -0.39 is 0 Å². The maximum atomic E-state index is 11.8. The van der Waals surface area contributed by atoms with Crippen LogP contribution in [0.15, 0.2) is 24.3 Å². The Bertz CT molecular complexity index is 525. The first-order valence-electron chi connectivity index (χ1n) is 7.91. The molecule has 0 aliphatic carbocycles. The van der Waals surface area contributed by atoms with E-state index >= 15 is 0 Å². The Morgan fingerprint density at radius 2 is 1.91 bits per heavy atom. The lowest BCUT2D eigenvalue weighted by Crippen LogP contribution is -2.42. The molecule has 120 valence electrons. The van der Waals surface area contributed by atoms with Gasteiger partial charge in [0.1, 0.15) is 0 Å². The van der Waals surface area contributed by atoms with Crippen LogP contribution in [0.25, 0.3) is 0 Å². The van der Waals surface area contributed by atoms with E-state index in [0.717, 1.165) is 24.2 Å². The topological polar surface area (TPSA) is 61.4 Å². The van der Waals surface area contributed by atoms with Crippen LogP contribution in [0.4, 0.5) is 10.5 Å². The van der Waals surface area contributed by atoms with E-state index in [-0.39, 0.29) is 18.0 Å². The zero-order valence-electron chi connectivity index (χ0n) is 13.6. The van der Waals surface area contributed by atoms with Gasteiger partial charge in [-0.3, -0.25) is 4.79 Å². The number of urea groups is 1. The number of carbonyl (C=O) groups excluding carboxylic acids is 2. The maximum Gasteiger partial charge on any atom is 0.315 e. The van der Waals surface area contributed by atoms with Gasteiger partial charge in [-0.05, 0) is 37.0 Å². The zero-order valence-corrected chi connectivity index (χ0v) is 13.6. The first-order chi connectivity index (χ1) is 10.5. The third-order valence-electron chi connectivity index (χ3n) is 4.13. The minimum atomic E-state index is -0.153. The average molecular weight is 303 g/mol. The number of hydrogen-bond donors (Lipinski definition) is 2. The highest BCUT2D eigenvalue weighted by atomic mass is 16.2. The summed E-state index contributed by atoms with van der Waals surface area (Å²) in [6, 6.07) is 7.77. The Kier molecular flexibility index (Phi) is 5.41. The SMILES string of the molecule is CC(C)C(C)NC(=O)NCc1ccc(N2CCCC2=O)cc1. The summed E-state index contributed by atoms with van der Waals surface area (Å²) in [4.78, 5) is 25.3. The molecule has 0 bridgehead atoms. The normalized spacial score (nSPS) is 16.0. The first-order valence-corrected chi connectivity index (χ1v) is 7.91. The molecule has 0 spiro atoms. The number of amides is 3. The van der Waals surface area contributed by atoms with Crippen molar-refractivity contribution in [3.8, 4) is 0 Å². The summed E-state index contributed by atoms with van der Waals surface area (Å²) in [5.41, 5.74) is 1.95. The Hall–Kier alpha value is -2.04. The van der Waals surface area contributed by atoms with Crippen molar-refractivity contribution in [3.05, 3.63) is 29.8 Å². The second kappa shape index (κ2) is 7.29. The monoisotopic (exact) mass is 303 g/mol. The largest absolute Gasteiger partial charge is 0.335 e. The molecule has 1 fully saturated rings. The van der Waals surface area contributed by atoms with Crippen LogP contribution in [0.3, 0.4) is 0 Å². The Balaban J connectivity index is 1.84. The quantitative estimate of drug-likeness (QED) is 0.878. The Morgan fingerprint density at radius 3 is 2.45 bits per heavy atom. The van der Waals surface area contributed by atoms with E-state index in [4.69, 9.17) is 0 Å². The van der Waals surface area contributed by atoms with Gasteiger partial charge in [0.25, 0.3) is 0 Å². The molecular weight excluding hydrogens is 278 g/mol. The molecule has 2 N–H and O–H groups in total. The van der Waals surface area contributed by atoms with Gasteiger partial charge in [0.15, 0.2) is 0 Å². The number of nitrogens with one attached hydrogen (secondary N) is 2. The summed E-state index contributed by atoms with van der Waals surface area (Å²) in [7, 11) is 0. The van der Waals surface area contributed by atoms with E-state index in [1.165, 1.54) is 0 Å². The van der Waals surface area contributed by atoms with Crippen LogP contribution in [0.1, 0.15) is 39.2 Å². The number of carbonyl (C=O) groups is 2. The van der Waals surface area contributed by atoms with Crippen LogP contribution in [-0.2, 0) is 11.3 Å². The van der Waals surface area contributed by atoms with Gasteiger partial charge in [0.05, 0.1) is 0 Å². The Morgan fingerprint density at radius 1 is 1.23 bits per heavy atom. The summed E-state index contributed by atoms with van der Waals surface area (Å²) in [5.74, 6) is 0.593. The summed E-state index contributed by atoms with van der Waals surface area (Å²) in [5, 5.41) is 5.76. The number of nitrogens with zero attached hydrogens (tertiary/aromatic N) is 1.